The number of pyridine rings is 1. The smallest absolute Gasteiger partial charge is 0.335 e. The van der Waals surface area contributed by atoms with Gasteiger partial charge in [0.1, 0.15) is 12.4 Å². The molecule has 2 heterocycles. The van der Waals surface area contributed by atoms with Crippen molar-refractivity contribution in [1.82, 2.24) is 30.5 Å². The van der Waals surface area contributed by atoms with Gasteiger partial charge in [-0.2, -0.15) is 4.68 Å². The average Bonchev–Trinajstić information content (AvgIpc) is 3.43. The van der Waals surface area contributed by atoms with Gasteiger partial charge in [-0.05, 0) is 76.7 Å². The largest absolute Gasteiger partial charge is 0.478 e. The van der Waals surface area contributed by atoms with Crippen LogP contribution in [0.2, 0.25) is 5.02 Å². The number of carbonyl (C=O) groups is 3. The summed E-state index contributed by atoms with van der Waals surface area (Å²) in [6.07, 6.45) is 7.64. The zero-order chi connectivity index (χ0) is 26.2. The van der Waals surface area contributed by atoms with Crippen molar-refractivity contribution in [3.8, 4) is 5.69 Å². The second kappa shape index (κ2) is 11.7. The summed E-state index contributed by atoms with van der Waals surface area (Å²) in [6, 6.07) is 13.3. The molecule has 3 N–H and O–H groups in total. The van der Waals surface area contributed by atoms with E-state index in [1.165, 1.54) is 41.4 Å². The molecule has 1 atom stereocenters. The number of tetrazole rings is 1. The first-order valence-electron chi connectivity index (χ1n) is 10.9. The summed E-state index contributed by atoms with van der Waals surface area (Å²) in [6.45, 7) is 0. The third-order valence-corrected chi connectivity index (χ3v) is 5.46. The van der Waals surface area contributed by atoms with E-state index in [1.807, 2.05) is 0 Å². The number of halogens is 1. The van der Waals surface area contributed by atoms with Gasteiger partial charge in [-0.3, -0.25) is 14.6 Å². The summed E-state index contributed by atoms with van der Waals surface area (Å²) < 4.78 is 1.43. The van der Waals surface area contributed by atoms with Gasteiger partial charge in [0, 0.05) is 41.2 Å². The van der Waals surface area contributed by atoms with Gasteiger partial charge in [0.05, 0.1) is 11.3 Å². The molecule has 0 saturated heterocycles. The molecule has 1 unspecified atom stereocenters. The highest BCUT2D eigenvalue weighted by atomic mass is 35.5. The van der Waals surface area contributed by atoms with Crippen molar-refractivity contribution < 1.29 is 19.5 Å². The molecule has 2 aromatic heterocycles. The molecule has 0 bridgehead atoms. The van der Waals surface area contributed by atoms with Gasteiger partial charge in [-0.25, -0.2) is 4.79 Å². The summed E-state index contributed by atoms with van der Waals surface area (Å²) in [5, 5.41) is 26.1. The fourth-order valence-corrected chi connectivity index (χ4v) is 3.59. The molecule has 2 amide bonds. The topological polar surface area (TPSA) is 152 Å². The Morgan fingerprint density at radius 1 is 1.05 bits per heavy atom. The summed E-state index contributed by atoms with van der Waals surface area (Å²) >= 11 is 6.13. The maximum Gasteiger partial charge on any atom is 0.335 e. The number of carboxylic acids is 1. The summed E-state index contributed by atoms with van der Waals surface area (Å²) in [4.78, 5) is 41.0. The first kappa shape index (κ1) is 25.2. The highest BCUT2D eigenvalue weighted by molar-refractivity contribution is 6.30. The Morgan fingerprint density at radius 3 is 2.49 bits per heavy atom. The number of amides is 2. The number of anilines is 1. The van der Waals surface area contributed by atoms with Crippen LogP contribution in [0.5, 0.6) is 0 Å². The van der Waals surface area contributed by atoms with E-state index in [0.717, 1.165) is 5.56 Å². The van der Waals surface area contributed by atoms with E-state index >= 15 is 0 Å². The predicted molar refractivity (Wildman–Crippen MR) is 135 cm³/mol. The quantitative estimate of drug-likeness (QED) is 0.286. The van der Waals surface area contributed by atoms with Crippen LogP contribution in [0.4, 0.5) is 5.69 Å². The molecule has 11 nitrogen and oxygen atoms in total. The minimum Gasteiger partial charge on any atom is -0.478 e. The fraction of sp³-hybridized carbons (Fsp3) is 0.0800. The first-order chi connectivity index (χ1) is 17.9. The zero-order valence-corrected chi connectivity index (χ0v) is 19.9. The van der Waals surface area contributed by atoms with E-state index in [-0.39, 0.29) is 12.0 Å². The third-order valence-electron chi connectivity index (χ3n) is 5.22. The van der Waals surface area contributed by atoms with Crippen LogP contribution in [-0.4, -0.2) is 54.1 Å². The first-order valence-corrected chi connectivity index (χ1v) is 11.3. The van der Waals surface area contributed by atoms with Crippen LogP contribution in [0.15, 0.2) is 79.4 Å². The van der Waals surface area contributed by atoms with Crippen molar-refractivity contribution in [3.05, 3.63) is 101 Å². The van der Waals surface area contributed by atoms with Crippen molar-refractivity contribution >= 4 is 41.1 Å². The van der Waals surface area contributed by atoms with Crippen LogP contribution in [-0.2, 0) is 16.0 Å². The van der Waals surface area contributed by atoms with Crippen LogP contribution in [0.3, 0.4) is 0 Å². The SMILES string of the molecule is O=C(C=Cc1cc(Cl)ccc1-n1cnnn1)NC(Cc1ccncc1)C(=O)Nc1ccc(C(=O)O)cc1. The molecule has 186 valence electrons. The lowest BCUT2D eigenvalue weighted by atomic mass is 10.1. The van der Waals surface area contributed by atoms with Crippen LogP contribution in [0.25, 0.3) is 11.8 Å². The Hall–Kier alpha value is -4.90. The Morgan fingerprint density at radius 2 is 1.81 bits per heavy atom. The number of carbonyl (C=O) groups excluding carboxylic acids is 2. The minimum absolute atomic E-state index is 0.0897. The Labute approximate surface area is 215 Å². The fourth-order valence-electron chi connectivity index (χ4n) is 3.41. The van der Waals surface area contributed by atoms with Crippen LogP contribution >= 0.6 is 11.6 Å². The summed E-state index contributed by atoms with van der Waals surface area (Å²) in [5.41, 5.74) is 2.46. The molecule has 0 spiro atoms. The normalized spacial score (nSPS) is 11.7. The molecule has 2 aromatic carbocycles. The van der Waals surface area contributed by atoms with Crippen molar-refractivity contribution in [2.75, 3.05) is 5.32 Å². The van der Waals surface area contributed by atoms with E-state index in [1.54, 1.807) is 48.8 Å². The lowest BCUT2D eigenvalue weighted by molar-refractivity contribution is -0.123. The van der Waals surface area contributed by atoms with Crippen LogP contribution in [0.1, 0.15) is 21.5 Å². The molecule has 12 heteroatoms. The Kier molecular flexibility index (Phi) is 7.96. The number of aromatic carboxylic acids is 1. The van der Waals surface area contributed by atoms with Crippen LogP contribution < -0.4 is 10.6 Å². The molecule has 0 radical (unpaired) electrons. The highest BCUT2D eigenvalue weighted by Gasteiger charge is 2.21. The number of hydrogen-bond donors (Lipinski definition) is 3. The molecule has 0 saturated carbocycles. The number of benzene rings is 2. The maximum absolute atomic E-state index is 13.1. The number of nitrogens with one attached hydrogen (secondary N) is 2. The Bertz CT molecular complexity index is 1430. The predicted octanol–water partition coefficient (Wildman–Crippen LogP) is 2.79. The van der Waals surface area contributed by atoms with Crippen molar-refractivity contribution in [2.24, 2.45) is 0 Å². The number of nitrogens with zero attached hydrogens (tertiary/aromatic N) is 5. The third kappa shape index (κ3) is 6.83. The molecule has 0 aliphatic heterocycles. The number of rotatable bonds is 9. The van der Waals surface area contributed by atoms with Crippen molar-refractivity contribution in [3.63, 3.8) is 0 Å². The van der Waals surface area contributed by atoms with Gasteiger partial charge in [0.15, 0.2) is 0 Å². The lowest BCUT2D eigenvalue weighted by Crippen LogP contribution is -2.44. The molecule has 4 aromatic rings. The maximum atomic E-state index is 13.1. The second-order valence-corrected chi connectivity index (χ2v) is 8.22. The van der Waals surface area contributed by atoms with Gasteiger partial charge in [-0.15, -0.1) is 5.10 Å². The number of carboxylic acid groups (broad SMARTS) is 1. The van der Waals surface area contributed by atoms with Crippen LogP contribution in [0, 0.1) is 0 Å². The second-order valence-electron chi connectivity index (χ2n) is 7.78. The van der Waals surface area contributed by atoms with Gasteiger partial charge < -0.3 is 15.7 Å². The molecule has 0 fully saturated rings. The van der Waals surface area contributed by atoms with Gasteiger partial charge in [0.25, 0.3) is 0 Å². The number of hydrogen-bond acceptors (Lipinski definition) is 7. The molecule has 0 aliphatic rings. The highest BCUT2D eigenvalue weighted by Crippen LogP contribution is 2.20. The monoisotopic (exact) mass is 517 g/mol. The number of aromatic nitrogens is 5. The minimum atomic E-state index is -1.07. The van der Waals surface area contributed by atoms with E-state index in [0.29, 0.717) is 22.0 Å². The van der Waals surface area contributed by atoms with E-state index in [2.05, 4.69) is 31.1 Å². The van der Waals surface area contributed by atoms with Crippen molar-refractivity contribution in [1.29, 1.82) is 0 Å². The molecular weight excluding hydrogens is 498 g/mol. The van der Waals surface area contributed by atoms with E-state index in [4.69, 9.17) is 16.7 Å². The Balaban J connectivity index is 1.51. The molecule has 4 rings (SSSR count). The standard InChI is InChI=1S/C25H20ClN7O4/c26-19-4-7-22(33-15-28-31-32-33)18(14-19)3-8-23(34)30-21(13-16-9-11-27-12-10-16)24(35)29-20-5-1-17(2-6-20)25(36)37/h1-12,14-15,21H,13H2,(H,29,35)(H,30,34)(H,36,37). The molecule has 0 aliphatic carbocycles. The lowest BCUT2D eigenvalue weighted by Gasteiger charge is -2.18. The van der Waals surface area contributed by atoms with Gasteiger partial charge >= 0.3 is 5.97 Å². The van der Waals surface area contributed by atoms with E-state index < -0.39 is 23.8 Å². The van der Waals surface area contributed by atoms with Gasteiger partial charge in [0.2, 0.25) is 11.8 Å². The molecular formula is C25H20ClN7O4. The van der Waals surface area contributed by atoms with Gasteiger partial charge in [-0.1, -0.05) is 11.6 Å². The average molecular weight is 518 g/mol. The summed E-state index contributed by atoms with van der Waals surface area (Å²) in [7, 11) is 0. The summed E-state index contributed by atoms with van der Waals surface area (Å²) in [5.74, 6) is -2.06. The van der Waals surface area contributed by atoms with E-state index in [9.17, 15) is 14.4 Å². The molecule has 37 heavy (non-hydrogen) atoms. The zero-order valence-electron chi connectivity index (χ0n) is 19.2. The van der Waals surface area contributed by atoms with Crippen molar-refractivity contribution in [2.45, 2.75) is 12.5 Å².